The zero-order valence-electron chi connectivity index (χ0n) is 10.7. The lowest BCUT2D eigenvalue weighted by atomic mass is 10.3. The van der Waals surface area contributed by atoms with Crippen molar-refractivity contribution in [2.45, 2.75) is 0 Å². The minimum absolute atomic E-state index is 0.944. The number of hydrogen-bond acceptors (Lipinski definition) is 5. The first-order chi connectivity index (χ1) is 10.4. The molecule has 0 aromatic carbocycles. The molecule has 0 spiro atoms. The molecule has 0 N–H and O–H groups in total. The first-order valence-corrected chi connectivity index (χ1v) is 8.87. The van der Waals surface area contributed by atoms with Crippen molar-refractivity contribution in [3.63, 3.8) is 0 Å². The highest BCUT2D eigenvalue weighted by Gasteiger charge is 2.16. The van der Waals surface area contributed by atoms with Crippen LogP contribution in [0.3, 0.4) is 0 Å². The third-order valence-corrected chi connectivity index (χ3v) is 7.16. The van der Waals surface area contributed by atoms with Crippen LogP contribution in [0.4, 0.5) is 0 Å². The van der Waals surface area contributed by atoms with Gasteiger partial charge in [-0.3, -0.25) is 0 Å². The summed E-state index contributed by atoms with van der Waals surface area (Å²) in [6.07, 6.45) is 3.44. The molecule has 0 bridgehead atoms. The van der Waals surface area contributed by atoms with Crippen molar-refractivity contribution in [2.24, 2.45) is 0 Å². The highest BCUT2D eigenvalue weighted by Crippen LogP contribution is 2.47. The minimum Gasteiger partial charge on any atom is -0.464 e. The van der Waals surface area contributed by atoms with E-state index in [0.29, 0.717) is 0 Å². The minimum atomic E-state index is 0.944. The van der Waals surface area contributed by atoms with Gasteiger partial charge in [-0.05, 0) is 36.4 Å². The van der Waals surface area contributed by atoms with Gasteiger partial charge in [0.1, 0.15) is 11.5 Å². The highest BCUT2D eigenvalue weighted by molar-refractivity contribution is 7.40. The molecule has 0 radical (unpaired) electrons. The summed E-state index contributed by atoms with van der Waals surface area (Å²) in [4.78, 5) is 2.38. The Hall–Kier alpha value is -1.82. The zero-order valence-corrected chi connectivity index (χ0v) is 13.1. The van der Waals surface area contributed by atoms with E-state index in [0.717, 1.165) is 11.5 Å². The van der Waals surface area contributed by atoms with Crippen molar-refractivity contribution in [1.82, 2.24) is 0 Å². The van der Waals surface area contributed by atoms with Crippen LogP contribution in [0.1, 0.15) is 0 Å². The number of furan rings is 2. The van der Waals surface area contributed by atoms with Crippen LogP contribution in [-0.4, -0.2) is 0 Å². The fraction of sp³-hybridized carbons (Fsp3) is 0. The third kappa shape index (κ3) is 1.75. The molecule has 21 heavy (non-hydrogen) atoms. The number of rotatable bonds is 2. The van der Waals surface area contributed by atoms with Gasteiger partial charge in [-0.1, -0.05) is 0 Å². The van der Waals surface area contributed by atoms with E-state index in [1.54, 1.807) is 35.2 Å². The molecule has 5 heterocycles. The molecule has 5 rings (SSSR count). The van der Waals surface area contributed by atoms with Gasteiger partial charge in [0.05, 0.1) is 31.7 Å². The van der Waals surface area contributed by atoms with Gasteiger partial charge in [0.25, 0.3) is 0 Å². The summed E-state index contributed by atoms with van der Waals surface area (Å²) in [6.45, 7) is 0. The smallest absolute Gasteiger partial charge is 0.143 e. The topological polar surface area (TPSA) is 26.3 Å². The van der Waals surface area contributed by atoms with Crippen molar-refractivity contribution in [1.29, 1.82) is 0 Å². The lowest BCUT2D eigenvalue weighted by Gasteiger charge is -1.87. The average molecular weight is 328 g/mol. The van der Waals surface area contributed by atoms with Gasteiger partial charge in [0.2, 0.25) is 0 Å². The second-order valence-electron chi connectivity index (χ2n) is 4.66. The predicted molar refractivity (Wildman–Crippen MR) is 90.5 cm³/mol. The van der Waals surface area contributed by atoms with E-state index in [-0.39, 0.29) is 0 Å². The molecule has 5 aromatic rings. The van der Waals surface area contributed by atoms with Gasteiger partial charge in [-0.15, -0.1) is 34.0 Å². The van der Waals surface area contributed by atoms with E-state index in [9.17, 15) is 0 Å². The summed E-state index contributed by atoms with van der Waals surface area (Å²) in [5.41, 5.74) is 0. The Labute approximate surface area is 131 Å². The standard InChI is InChI=1S/C16H8O2S3/c1-3-9(17-5-1)11-7-13-15(20-11)16-14(19-13)8-12(21-16)10-4-2-6-18-10/h1-8H. The van der Waals surface area contributed by atoms with Crippen molar-refractivity contribution in [2.75, 3.05) is 0 Å². The van der Waals surface area contributed by atoms with Crippen LogP contribution in [0.15, 0.2) is 57.8 Å². The Morgan fingerprint density at radius 1 is 0.667 bits per heavy atom. The van der Waals surface area contributed by atoms with E-state index in [2.05, 4.69) is 12.1 Å². The van der Waals surface area contributed by atoms with Crippen molar-refractivity contribution < 1.29 is 8.83 Å². The Bertz CT molecular complexity index is 943. The molecular weight excluding hydrogens is 320 g/mol. The van der Waals surface area contributed by atoms with Crippen molar-refractivity contribution >= 4 is 52.8 Å². The lowest BCUT2D eigenvalue weighted by molar-refractivity contribution is 0.583. The van der Waals surface area contributed by atoms with Gasteiger partial charge in [-0.2, -0.15) is 0 Å². The molecular formula is C16H8O2S3. The Kier molecular flexibility index (Phi) is 2.44. The Morgan fingerprint density at radius 3 is 1.62 bits per heavy atom. The van der Waals surface area contributed by atoms with Crippen LogP contribution in [0, 0.1) is 0 Å². The number of hydrogen-bond donors (Lipinski definition) is 0. The maximum atomic E-state index is 5.50. The molecule has 0 saturated heterocycles. The summed E-state index contributed by atoms with van der Waals surface area (Å²) in [5.74, 6) is 1.89. The quantitative estimate of drug-likeness (QED) is 0.360. The van der Waals surface area contributed by atoms with E-state index in [4.69, 9.17) is 8.83 Å². The fourth-order valence-corrected chi connectivity index (χ4v) is 6.38. The Morgan fingerprint density at radius 2 is 1.19 bits per heavy atom. The summed E-state index contributed by atoms with van der Waals surface area (Å²) >= 11 is 5.43. The first-order valence-electron chi connectivity index (χ1n) is 6.42. The first kappa shape index (κ1) is 11.8. The van der Waals surface area contributed by atoms with E-state index < -0.39 is 0 Å². The molecule has 0 unspecified atom stereocenters. The highest BCUT2D eigenvalue weighted by atomic mass is 32.1. The fourth-order valence-electron chi connectivity index (χ4n) is 2.42. The van der Waals surface area contributed by atoms with Gasteiger partial charge in [0, 0.05) is 9.40 Å². The van der Waals surface area contributed by atoms with Crippen LogP contribution in [-0.2, 0) is 0 Å². The number of thiophene rings is 3. The van der Waals surface area contributed by atoms with E-state index in [1.165, 1.54) is 28.6 Å². The largest absolute Gasteiger partial charge is 0.464 e. The summed E-state index contributed by atoms with van der Waals surface area (Å²) in [7, 11) is 0. The van der Waals surface area contributed by atoms with E-state index in [1.807, 2.05) is 35.6 Å². The summed E-state index contributed by atoms with van der Waals surface area (Å²) in [6, 6.07) is 12.3. The predicted octanol–water partition coefficient (Wildman–Crippen LogP) is 6.70. The van der Waals surface area contributed by atoms with Crippen LogP contribution in [0.25, 0.3) is 40.1 Å². The second-order valence-corrected chi connectivity index (χ2v) is 7.85. The molecule has 0 saturated carbocycles. The zero-order chi connectivity index (χ0) is 13.8. The van der Waals surface area contributed by atoms with Gasteiger partial charge < -0.3 is 8.83 Å². The molecule has 0 amide bonds. The molecule has 0 aliphatic rings. The summed E-state index contributed by atoms with van der Waals surface area (Å²) in [5, 5.41) is 0. The van der Waals surface area contributed by atoms with Crippen LogP contribution in [0.2, 0.25) is 0 Å². The average Bonchev–Trinajstić information content (AvgIpc) is 3.25. The molecule has 5 heteroatoms. The van der Waals surface area contributed by atoms with Gasteiger partial charge >= 0.3 is 0 Å². The molecule has 5 aromatic heterocycles. The van der Waals surface area contributed by atoms with Crippen LogP contribution in [0.5, 0.6) is 0 Å². The van der Waals surface area contributed by atoms with Crippen molar-refractivity contribution in [3.05, 3.63) is 48.9 Å². The molecule has 102 valence electrons. The van der Waals surface area contributed by atoms with Gasteiger partial charge in [0.15, 0.2) is 0 Å². The lowest BCUT2D eigenvalue weighted by Crippen LogP contribution is -1.59. The molecule has 0 atom stereocenters. The normalized spacial score (nSPS) is 11.8. The molecule has 0 aliphatic heterocycles. The van der Waals surface area contributed by atoms with Crippen molar-refractivity contribution in [3.8, 4) is 21.3 Å². The molecule has 0 aliphatic carbocycles. The number of fused-ring (bicyclic) bond motifs is 3. The molecule has 2 nitrogen and oxygen atoms in total. The summed E-state index contributed by atoms with van der Waals surface area (Å²) < 4.78 is 16.4. The SMILES string of the molecule is c1coc(-c2cc3sc4cc(-c5ccco5)sc4c3s2)c1. The van der Waals surface area contributed by atoms with Gasteiger partial charge in [-0.25, -0.2) is 0 Å². The second kappa shape index (κ2) is 4.34. The Balaban J connectivity index is 1.72. The third-order valence-electron chi connectivity index (χ3n) is 3.35. The maximum Gasteiger partial charge on any atom is 0.143 e. The van der Waals surface area contributed by atoms with Crippen LogP contribution >= 0.6 is 34.0 Å². The molecule has 0 fully saturated rings. The monoisotopic (exact) mass is 328 g/mol. The van der Waals surface area contributed by atoms with E-state index >= 15 is 0 Å². The maximum absolute atomic E-state index is 5.50. The van der Waals surface area contributed by atoms with Crippen LogP contribution < -0.4 is 0 Å².